The number of benzene rings is 2. The highest BCUT2D eigenvalue weighted by Gasteiger charge is 2.25. The summed E-state index contributed by atoms with van der Waals surface area (Å²) in [6, 6.07) is 16.1. The third-order valence-corrected chi connectivity index (χ3v) is 5.13. The standard InChI is InChI=1S/C16H18BrNO3S/c1-16(19,14-7-9-15(17)10-8-14)12-18-22(20,21)11-13-5-3-2-4-6-13/h2-10,18-19H,11-12H2,1H3. The van der Waals surface area contributed by atoms with Crippen molar-refractivity contribution in [1.82, 2.24) is 4.72 Å². The summed E-state index contributed by atoms with van der Waals surface area (Å²) in [6.45, 7) is 1.51. The molecule has 0 radical (unpaired) electrons. The molecule has 0 aliphatic heterocycles. The number of sulfonamides is 1. The van der Waals surface area contributed by atoms with E-state index in [1.165, 1.54) is 0 Å². The van der Waals surface area contributed by atoms with Crippen molar-refractivity contribution in [2.24, 2.45) is 0 Å². The molecule has 0 saturated heterocycles. The summed E-state index contributed by atoms with van der Waals surface area (Å²) in [6.07, 6.45) is 0. The Bertz CT molecular complexity index is 713. The van der Waals surface area contributed by atoms with Gasteiger partial charge in [-0.25, -0.2) is 13.1 Å². The largest absolute Gasteiger partial charge is 0.384 e. The molecule has 0 heterocycles. The normalized spacial score (nSPS) is 14.5. The van der Waals surface area contributed by atoms with Crippen LogP contribution in [0, 0.1) is 0 Å². The highest BCUT2D eigenvalue weighted by Crippen LogP contribution is 2.22. The van der Waals surface area contributed by atoms with Crippen LogP contribution >= 0.6 is 15.9 Å². The van der Waals surface area contributed by atoms with Gasteiger partial charge < -0.3 is 5.11 Å². The van der Waals surface area contributed by atoms with Crippen LogP contribution in [0.3, 0.4) is 0 Å². The molecular weight excluding hydrogens is 366 g/mol. The number of halogens is 1. The van der Waals surface area contributed by atoms with Crippen molar-refractivity contribution in [3.63, 3.8) is 0 Å². The van der Waals surface area contributed by atoms with Gasteiger partial charge in [0.2, 0.25) is 10.0 Å². The molecule has 118 valence electrons. The fourth-order valence-electron chi connectivity index (χ4n) is 2.01. The lowest BCUT2D eigenvalue weighted by atomic mass is 9.97. The number of nitrogens with one attached hydrogen (secondary N) is 1. The van der Waals surface area contributed by atoms with Crippen molar-refractivity contribution in [2.45, 2.75) is 18.3 Å². The first-order valence-corrected chi connectivity index (χ1v) is 9.23. The van der Waals surface area contributed by atoms with Crippen LogP contribution in [-0.4, -0.2) is 20.1 Å². The molecule has 2 aromatic carbocycles. The topological polar surface area (TPSA) is 66.4 Å². The van der Waals surface area contributed by atoms with E-state index in [0.29, 0.717) is 11.1 Å². The summed E-state index contributed by atoms with van der Waals surface area (Å²) in [5.74, 6) is -0.107. The molecule has 1 atom stereocenters. The summed E-state index contributed by atoms with van der Waals surface area (Å²) >= 11 is 3.33. The number of rotatable bonds is 6. The molecule has 6 heteroatoms. The Kier molecular flexibility index (Phi) is 5.39. The quantitative estimate of drug-likeness (QED) is 0.805. The molecule has 0 aliphatic carbocycles. The average molecular weight is 384 g/mol. The average Bonchev–Trinajstić information content (AvgIpc) is 2.47. The van der Waals surface area contributed by atoms with E-state index in [4.69, 9.17) is 0 Å². The molecule has 1 unspecified atom stereocenters. The van der Waals surface area contributed by atoms with E-state index >= 15 is 0 Å². The zero-order chi connectivity index (χ0) is 16.2. The van der Waals surface area contributed by atoms with E-state index in [1.807, 2.05) is 18.2 Å². The summed E-state index contributed by atoms with van der Waals surface area (Å²) in [4.78, 5) is 0. The van der Waals surface area contributed by atoms with Crippen molar-refractivity contribution in [1.29, 1.82) is 0 Å². The fraction of sp³-hybridized carbons (Fsp3) is 0.250. The van der Waals surface area contributed by atoms with Gasteiger partial charge in [-0.2, -0.15) is 0 Å². The van der Waals surface area contributed by atoms with E-state index in [-0.39, 0.29) is 12.3 Å². The van der Waals surface area contributed by atoms with Gasteiger partial charge in [-0.05, 0) is 30.2 Å². The van der Waals surface area contributed by atoms with E-state index in [9.17, 15) is 13.5 Å². The molecule has 0 aliphatic rings. The molecule has 0 aromatic heterocycles. The Balaban J connectivity index is 2.03. The molecule has 2 N–H and O–H groups in total. The van der Waals surface area contributed by atoms with Gasteiger partial charge in [0, 0.05) is 11.0 Å². The second kappa shape index (κ2) is 6.91. The van der Waals surface area contributed by atoms with Gasteiger partial charge in [0.15, 0.2) is 0 Å². The smallest absolute Gasteiger partial charge is 0.215 e. The SMILES string of the molecule is CC(O)(CNS(=O)(=O)Cc1ccccc1)c1ccc(Br)cc1. The maximum atomic E-state index is 12.1. The molecule has 22 heavy (non-hydrogen) atoms. The number of hydrogen-bond donors (Lipinski definition) is 2. The third-order valence-electron chi connectivity index (χ3n) is 3.30. The maximum Gasteiger partial charge on any atom is 0.215 e. The molecule has 4 nitrogen and oxygen atoms in total. The van der Waals surface area contributed by atoms with Gasteiger partial charge >= 0.3 is 0 Å². The Labute approximate surface area is 139 Å². The van der Waals surface area contributed by atoms with Gasteiger partial charge in [0.25, 0.3) is 0 Å². The van der Waals surface area contributed by atoms with Crippen molar-refractivity contribution < 1.29 is 13.5 Å². The highest BCUT2D eigenvalue weighted by molar-refractivity contribution is 9.10. The predicted molar refractivity (Wildman–Crippen MR) is 90.8 cm³/mol. The van der Waals surface area contributed by atoms with E-state index < -0.39 is 15.6 Å². The van der Waals surface area contributed by atoms with E-state index in [1.54, 1.807) is 43.3 Å². The Morgan fingerprint density at radius 2 is 1.68 bits per heavy atom. The Hall–Kier alpha value is -1.21. The summed E-state index contributed by atoms with van der Waals surface area (Å²) in [7, 11) is -3.50. The van der Waals surface area contributed by atoms with Crippen molar-refractivity contribution in [3.05, 3.63) is 70.2 Å². The summed E-state index contributed by atoms with van der Waals surface area (Å²) < 4.78 is 27.6. The highest BCUT2D eigenvalue weighted by atomic mass is 79.9. The maximum absolute atomic E-state index is 12.1. The number of hydrogen-bond acceptors (Lipinski definition) is 3. The first-order valence-electron chi connectivity index (χ1n) is 6.78. The molecule has 0 saturated carbocycles. The van der Waals surface area contributed by atoms with Crippen LogP contribution < -0.4 is 4.72 Å². The van der Waals surface area contributed by atoms with Gasteiger partial charge in [0.05, 0.1) is 5.75 Å². The number of aliphatic hydroxyl groups is 1. The van der Waals surface area contributed by atoms with Crippen molar-refractivity contribution in [2.75, 3.05) is 6.54 Å². The molecule has 0 spiro atoms. The molecule has 0 fully saturated rings. The predicted octanol–water partition coefficient (Wildman–Crippen LogP) is 2.78. The lowest BCUT2D eigenvalue weighted by Gasteiger charge is -2.24. The first kappa shape index (κ1) is 17.1. The van der Waals surface area contributed by atoms with Crippen molar-refractivity contribution in [3.8, 4) is 0 Å². The van der Waals surface area contributed by atoms with Crippen LogP contribution in [0.15, 0.2) is 59.1 Å². The van der Waals surface area contributed by atoms with Crippen LogP contribution in [0.25, 0.3) is 0 Å². The zero-order valence-electron chi connectivity index (χ0n) is 12.2. The minimum Gasteiger partial charge on any atom is -0.384 e. The Morgan fingerprint density at radius 3 is 2.27 bits per heavy atom. The van der Waals surface area contributed by atoms with E-state index in [2.05, 4.69) is 20.7 Å². The first-order chi connectivity index (χ1) is 10.3. The van der Waals surface area contributed by atoms with Crippen LogP contribution in [0.4, 0.5) is 0 Å². The van der Waals surface area contributed by atoms with Crippen LogP contribution in [0.5, 0.6) is 0 Å². The third kappa shape index (κ3) is 4.91. The van der Waals surface area contributed by atoms with Crippen molar-refractivity contribution >= 4 is 26.0 Å². The minimum absolute atomic E-state index is 0.0796. The molecular formula is C16H18BrNO3S. The second-order valence-electron chi connectivity index (χ2n) is 5.35. The minimum atomic E-state index is -3.50. The second-order valence-corrected chi connectivity index (χ2v) is 8.07. The zero-order valence-corrected chi connectivity index (χ0v) is 14.6. The van der Waals surface area contributed by atoms with Gasteiger partial charge in [-0.1, -0.05) is 58.4 Å². The summed E-state index contributed by atoms with van der Waals surface area (Å²) in [5.41, 5.74) is 0.0844. The van der Waals surface area contributed by atoms with Crippen LogP contribution in [0.1, 0.15) is 18.1 Å². The Morgan fingerprint density at radius 1 is 1.09 bits per heavy atom. The molecule has 0 bridgehead atoms. The monoisotopic (exact) mass is 383 g/mol. The lowest BCUT2D eigenvalue weighted by molar-refractivity contribution is 0.0627. The van der Waals surface area contributed by atoms with E-state index in [0.717, 1.165) is 4.47 Å². The van der Waals surface area contributed by atoms with Crippen LogP contribution in [-0.2, 0) is 21.4 Å². The summed E-state index contributed by atoms with van der Waals surface area (Å²) in [5, 5.41) is 10.5. The molecule has 2 rings (SSSR count). The molecule has 0 amide bonds. The fourth-order valence-corrected chi connectivity index (χ4v) is 3.50. The van der Waals surface area contributed by atoms with Crippen LogP contribution in [0.2, 0.25) is 0 Å². The molecule has 2 aromatic rings. The van der Waals surface area contributed by atoms with Gasteiger partial charge in [-0.15, -0.1) is 0 Å². The lowest BCUT2D eigenvalue weighted by Crippen LogP contribution is -2.39. The van der Waals surface area contributed by atoms with Gasteiger partial charge in [0.1, 0.15) is 5.60 Å². The van der Waals surface area contributed by atoms with Gasteiger partial charge in [-0.3, -0.25) is 0 Å².